The Balaban J connectivity index is 1.35. The normalized spacial score (nSPS) is 27.2. The van der Waals surface area contributed by atoms with E-state index in [0.717, 1.165) is 25.8 Å². The minimum atomic E-state index is -0.339. The largest absolute Gasteiger partial charge is 0.343 e. The Hall–Kier alpha value is -1.88. The molecule has 1 aromatic carbocycles. The van der Waals surface area contributed by atoms with Crippen molar-refractivity contribution in [2.75, 3.05) is 6.54 Å². The molecule has 5 heteroatoms. The molecule has 2 amide bonds. The molecule has 5 nitrogen and oxygen atoms in total. The van der Waals surface area contributed by atoms with Crippen molar-refractivity contribution in [2.45, 2.75) is 69.6 Å². The number of benzene rings is 1. The highest BCUT2D eigenvalue weighted by atomic mass is 16.2. The van der Waals surface area contributed by atoms with Crippen molar-refractivity contribution in [2.24, 2.45) is 0 Å². The lowest BCUT2D eigenvalue weighted by Crippen LogP contribution is -2.52. The van der Waals surface area contributed by atoms with Crippen LogP contribution in [0.4, 0.5) is 0 Å². The maximum Gasteiger partial charge on any atom is 0.245 e. The molecule has 3 aliphatic rings. The molecule has 2 aliphatic heterocycles. The van der Waals surface area contributed by atoms with Gasteiger partial charge >= 0.3 is 0 Å². The van der Waals surface area contributed by atoms with E-state index in [4.69, 9.17) is 0 Å². The number of carbonyl (C=O) groups is 2. The third-order valence-electron chi connectivity index (χ3n) is 5.97. The van der Waals surface area contributed by atoms with Gasteiger partial charge in [0.05, 0.1) is 6.04 Å². The molecule has 1 aliphatic carbocycles. The van der Waals surface area contributed by atoms with E-state index >= 15 is 0 Å². The van der Waals surface area contributed by atoms with Crippen LogP contribution in [0.15, 0.2) is 24.3 Å². The summed E-state index contributed by atoms with van der Waals surface area (Å²) in [5.74, 6) is 0.0785. The Kier molecular flexibility index (Phi) is 4.75. The molecule has 0 bridgehead atoms. The van der Waals surface area contributed by atoms with Crippen molar-refractivity contribution in [1.82, 2.24) is 15.5 Å². The zero-order chi connectivity index (χ0) is 17.2. The minimum Gasteiger partial charge on any atom is -0.343 e. The third kappa shape index (κ3) is 3.43. The van der Waals surface area contributed by atoms with Crippen molar-refractivity contribution < 1.29 is 9.59 Å². The van der Waals surface area contributed by atoms with E-state index in [-0.39, 0.29) is 23.9 Å². The fourth-order valence-corrected chi connectivity index (χ4v) is 4.50. The Morgan fingerprint density at radius 3 is 2.64 bits per heavy atom. The molecular formula is C20H27N3O2. The molecule has 4 rings (SSSR count). The molecule has 2 fully saturated rings. The fourth-order valence-electron chi connectivity index (χ4n) is 4.50. The number of hydrogen-bond acceptors (Lipinski definition) is 3. The van der Waals surface area contributed by atoms with Gasteiger partial charge in [-0.3, -0.25) is 9.59 Å². The number of carbonyl (C=O) groups excluding carboxylic acids is 2. The molecule has 1 aromatic rings. The van der Waals surface area contributed by atoms with E-state index in [0.29, 0.717) is 19.0 Å². The first kappa shape index (κ1) is 16.6. The zero-order valence-corrected chi connectivity index (χ0v) is 14.7. The summed E-state index contributed by atoms with van der Waals surface area (Å²) in [6, 6.07) is 8.03. The number of likely N-dealkylation sites (tertiary alicyclic amines) is 1. The molecule has 25 heavy (non-hydrogen) atoms. The van der Waals surface area contributed by atoms with Crippen LogP contribution in [0, 0.1) is 0 Å². The second-order valence-electron chi connectivity index (χ2n) is 7.58. The Morgan fingerprint density at radius 2 is 1.84 bits per heavy atom. The van der Waals surface area contributed by atoms with Gasteiger partial charge in [0.15, 0.2) is 0 Å². The summed E-state index contributed by atoms with van der Waals surface area (Å²) in [7, 11) is 0. The molecular weight excluding hydrogens is 314 g/mol. The monoisotopic (exact) mass is 341 g/mol. The van der Waals surface area contributed by atoms with Gasteiger partial charge in [0, 0.05) is 19.1 Å². The topological polar surface area (TPSA) is 61.4 Å². The predicted octanol–water partition coefficient (Wildman–Crippen LogP) is 1.75. The first-order valence-corrected chi connectivity index (χ1v) is 9.63. The maximum absolute atomic E-state index is 12.7. The average molecular weight is 341 g/mol. The van der Waals surface area contributed by atoms with Crippen molar-refractivity contribution in [3.63, 3.8) is 0 Å². The maximum atomic E-state index is 12.7. The molecule has 134 valence electrons. The van der Waals surface area contributed by atoms with Gasteiger partial charge in [0.25, 0.3) is 0 Å². The Labute approximate surface area is 149 Å². The molecule has 0 unspecified atom stereocenters. The van der Waals surface area contributed by atoms with E-state index < -0.39 is 0 Å². The lowest BCUT2D eigenvalue weighted by molar-refractivity contribution is -0.135. The van der Waals surface area contributed by atoms with Crippen LogP contribution in [-0.4, -0.2) is 41.4 Å². The highest BCUT2D eigenvalue weighted by Gasteiger charge is 2.38. The first-order chi connectivity index (χ1) is 12.2. The molecule has 0 aromatic heterocycles. The van der Waals surface area contributed by atoms with Crippen molar-refractivity contribution in [3.8, 4) is 0 Å². The predicted molar refractivity (Wildman–Crippen MR) is 95.9 cm³/mol. The molecule has 0 spiro atoms. The first-order valence-electron chi connectivity index (χ1n) is 9.63. The Bertz CT molecular complexity index is 654. The van der Waals surface area contributed by atoms with Crippen LogP contribution < -0.4 is 10.6 Å². The lowest BCUT2D eigenvalue weighted by atomic mass is 9.94. The van der Waals surface area contributed by atoms with Crippen LogP contribution in [0.2, 0.25) is 0 Å². The molecule has 2 heterocycles. The van der Waals surface area contributed by atoms with E-state index in [2.05, 4.69) is 22.8 Å². The van der Waals surface area contributed by atoms with Gasteiger partial charge in [-0.1, -0.05) is 43.5 Å². The molecule has 1 saturated heterocycles. The summed E-state index contributed by atoms with van der Waals surface area (Å²) < 4.78 is 0. The summed E-state index contributed by atoms with van der Waals surface area (Å²) in [6.45, 7) is 1.50. The van der Waals surface area contributed by atoms with Crippen LogP contribution >= 0.6 is 0 Å². The van der Waals surface area contributed by atoms with Crippen LogP contribution in [0.5, 0.6) is 0 Å². The highest BCUT2D eigenvalue weighted by molar-refractivity contribution is 5.91. The fraction of sp³-hybridized carbons (Fsp3) is 0.600. The quantitative estimate of drug-likeness (QED) is 0.880. The van der Waals surface area contributed by atoms with E-state index in [1.54, 1.807) is 0 Å². The SMILES string of the molecule is O=C(N[C@H]1CCN(C2CCCCC2)C1=O)[C@H]1Cc2ccccc2CN1. The van der Waals surface area contributed by atoms with Crippen LogP contribution in [0.1, 0.15) is 49.7 Å². The third-order valence-corrected chi connectivity index (χ3v) is 5.97. The molecule has 1 saturated carbocycles. The summed E-state index contributed by atoms with van der Waals surface area (Å²) in [4.78, 5) is 27.4. The Morgan fingerprint density at radius 1 is 1.08 bits per heavy atom. The zero-order valence-electron chi connectivity index (χ0n) is 14.7. The van der Waals surface area contributed by atoms with Crippen molar-refractivity contribution in [3.05, 3.63) is 35.4 Å². The van der Waals surface area contributed by atoms with Gasteiger partial charge in [-0.15, -0.1) is 0 Å². The van der Waals surface area contributed by atoms with E-state index in [9.17, 15) is 9.59 Å². The number of rotatable bonds is 3. The van der Waals surface area contributed by atoms with Gasteiger partial charge in [0.1, 0.15) is 6.04 Å². The smallest absolute Gasteiger partial charge is 0.245 e. The van der Waals surface area contributed by atoms with Gasteiger partial charge in [0.2, 0.25) is 11.8 Å². The highest BCUT2D eigenvalue weighted by Crippen LogP contribution is 2.26. The number of nitrogens with one attached hydrogen (secondary N) is 2. The van der Waals surface area contributed by atoms with Crippen LogP contribution in [0.3, 0.4) is 0 Å². The summed E-state index contributed by atoms with van der Waals surface area (Å²) >= 11 is 0. The van der Waals surface area contributed by atoms with Gasteiger partial charge in [-0.2, -0.15) is 0 Å². The minimum absolute atomic E-state index is 0.0432. The number of amides is 2. The summed E-state index contributed by atoms with van der Waals surface area (Å²) in [5.41, 5.74) is 2.48. The number of nitrogens with zero attached hydrogens (tertiary/aromatic N) is 1. The van der Waals surface area contributed by atoms with E-state index in [1.807, 2.05) is 17.0 Å². The molecule has 2 N–H and O–H groups in total. The summed E-state index contributed by atoms with van der Waals surface area (Å²) in [6.07, 6.45) is 7.39. The lowest BCUT2D eigenvalue weighted by Gasteiger charge is -2.31. The number of fused-ring (bicyclic) bond motifs is 1. The van der Waals surface area contributed by atoms with Crippen LogP contribution in [0.25, 0.3) is 0 Å². The van der Waals surface area contributed by atoms with Crippen LogP contribution in [-0.2, 0) is 22.6 Å². The van der Waals surface area contributed by atoms with Gasteiger partial charge < -0.3 is 15.5 Å². The molecule has 0 radical (unpaired) electrons. The second kappa shape index (κ2) is 7.16. The second-order valence-corrected chi connectivity index (χ2v) is 7.58. The average Bonchev–Trinajstić information content (AvgIpc) is 3.02. The standard InChI is InChI=1S/C20H27N3O2/c24-19(18-12-14-6-4-5-7-15(14)13-21-18)22-17-10-11-23(20(17)25)16-8-2-1-3-9-16/h4-7,16-18,21H,1-3,8-13H2,(H,22,24)/t17-,18+/m0/s1. The summed E-state index contributed by atoms with van der Waals surface area (Å²) in [5, 5.41) is 6.31. The van der Waals surface area contributed by atoms with E-state index in [1.165, 1.54) is 30.4 Å². The number of hydrogen-bond donors (Lipinski definition) is 2. The molecule has 2 atom stereocenters. The van der Waals surface area contributed by atoms with Crippen molar-refractivity contribution >= 4 is 11.8 Å². The van der Waals surface area contributed by atoms with Gasteiger partial charge in [-0.25, -0.2) is 0 Å². The van der Waals surface area contributed by atoms with Crippen molar-refractivity contribution in [1.29, 1.82) is 0 Å². The van der Waals surface area contributed by atoms with Gasteiger partial charge in [-0.05, 0) is 36.8 Å².